The number of amides is 1. The highest BCUT2D eigenvalue weighted by atomic mass is 16.5. The van der Waals surface area contributed by atoms with Crippen LogP contribution in [-0.4, -0.2) is 34.6 Å². The van der Waals surface area contributed by atoms with Gasteiger partial charge in [-0.2, -0.15) is 0 Å². The van der Waals surface area contributed by atoms with Crippen molar-refractivity contribution >= 4 is 11.7 Å². The number of hydrogen-bond acceptors (Lipinski definition) is 6. The van der Waals surface area contributed by atoms with Gasteiger partial charge in [-0.1, -0.05) is 13.3 Å². The van der Waals surface area contributed by atoms with Crippen molar-refractivity contribution in [1.82, 2.24) is 15.3 Å². The van der Waals surface area contributed by atoms with E-state index in [1.54, 1.807) is 0 Å². The number of hydrogen-bond donors (Lipinski definition) is 2. The monoisotopic (exact) mass is 370 g/mol. The van der Waals surface area contributed by atoms with E-state index in [4.69, 9.17) is 15.2 Å². The van der Waals surface area contributed by atoms with E-state index in [1.807, 2.05) is 24.3 Å². The summed E-state index contributed by atoms with van der Waals surface area (Å²) in [6.07, 6.45) is 7.57. The zero-order chi connectivity index (χ0) is 19.1. The molecule has 1 amide bonds. The highest BCUT2D eigenvalue weighted by molar-refractivity contribution is 5.92. The van der Waals surface area contributed by atoms with Gasteiger partial charge in [0, 0.05) is 0 Å². The molecule has 0 aliphatic heterocycles. The van der Waals surface area contributed by atoms with Crippen molar-refractivity contribution in [2.24, 2.45) is 0 Å². The van der Waals surface area contributed by atoms with Gasteiger partial charge in [0.15, 0.2) is 0 Å². The van der Waals surface area contributed by atoms with E-state index in [1.165, 1.54) is 12.4 Å². The van der Waals surface area contributed by atoms with Crippen LogP contribution < -0.4 is 20.5 Å². The molecule has 3 rings (SSSR count). The summed E-state index contributed by atoms with van der Waals surface area (Å²) in [4.78, 5) is 20.4. The average Bonchev–Trinajstić information content (AvgIpc) is 2.69. The number of carbonyl (C=O) groups is 1. The highest BCUT2D eigenvalue weighted by Crippen LogP contribution is 2.25. The summed E-state index contributed by atoms with van der Waals surface area (Å²) in [5.41, 5.74) is 5.78. The lowest BCUT2D eigenvalue weighted by molar-refractivity contribution is 0.0793. The molecule has 0 spiro atoms. The van der Waals surface area contributed by atoms with Crippen molar-refractivity contribution in [1.29, 1.82) is 0 Å². The molecule has 1 saturated carbocycles. The Morgan fingerprint density at radius 2 is 1.89 bits per heavy atom. The summed E-state index contributed by atoms with van der Waals surface area (Å²) in [6, 6.07) is 7.56. The van der Waals surface area contributed by atoms with Gasteiger partial charge in [-0.25, -0.2) is 9.97 Å². The fourth-order valence-electron chi connectivity index (χ4n) is 3.11. The Labute approximate surface area is 159 Å². The SMILES string of the molecule is CCCOc1ccc(OC2CCCCC2NC(=O)c2cnc(N)cn2)cc1. The molecule has 7 heteroatoms. The maximum Gasteiger partial charge on any atom is 0.271 e. The van der Waals surface area contributed by atoms with Crippen molar-refractivity contribution in [3.63, 3.8) is 0 Å². The quantitative estimate of drug-likeness (QED) is 0.777. The first kappa shape index (κ1) is 18.9. The third-order valence-corrected chi connectivity index (χ3v) is 4.51. The molecular weight excluding hydrogens is 344 g/mol. The lowest BCUT2D eigenvalue weighted by Crippen LogP contribution is -2.47. The number of anilines is 1. The topological polar surface area (TPSA) is 99.4 Å². The summed E-state index contributed by atoms with van der Waals surface area (Å²) >= 11 is 0. The highest BCUT2D eigenvalue weighted by Gasteiger charge is 2.29. The zero-order valence-corrected chi connectivity index (χ0v) is 15.6. The van der Waals surface area contributed by atoms with Crippen LogP contribution in [0, 0.1) is 0 Å². The largest absolute Gasteiger partial charge is 0.494 e. The van der Waals surface area contributed by atoms with Gasteiger partial charge in [-0.3, -0.25) is 4.79 Å². The maximum atomic E-state index is 12.4. The molecule has 1 fully saturated rings. The van der Waals surface area contributed by atoms with Gasteiger partial charge in [0.05, 0.1) is 25.0 Å². The molecule has 7 nitrogen and oxygen atoms in total. The third-order valence-electron chi connectivity index (χ3n) is 4.51. The van der Waals surface area contributed by atoms with Gasteiger partial charge in [0.1, 0.15) is 29.1 Å². The predicted octanol–water partition coefficient (Wildman–Crippen LogP) is 2.97. The lowest BCUT2D eigenvalue weighted by atomic mass is 9.92. The summed E-state index contributed by atoms with van der Waals surface area (Å²) < 4.78 is 11.8. The molecule has 1 aromatic heterocycles. The standard InChI is InChI=1S/C20H26N4O3/c1-2-11-26-14-7-9-15(10-8-14)27-18-6-4-3-5-16(18)24-20(25)17-12-23-19(21)13-22-17/h7-10,12-13,16,18H,2-6,11H2,1H3,(H2,21,23)(H,24,25). The summed E-state index contributed by atoms with van der Waals surface area (Å²) in [5.74, 6) is 1.64. The van der Waals surface area contributed by atoms with Gasteiger partial charge in [-0.05, 0) is 49.9 Å². The minimum Gasteiger partial charge on any atom is -0.494 e. The van der Waals surface area contributed by atoms with Gasteiger partial charge < -0.3 is 20.5 Å². The van der Waals surface area contributed by atoms with E-state index in [-0.39, 0.29) is 29.6 Å². The smallest absolute Gasteiger partial charge is 0.271 e. The molecule has 2 atom stereocenters. The number of nitrogens with two attached hydrogens (primary N) is 1. The van der Waals surface area contributed by atoms with Crippen LogP contribution in [0.3, 0.4) is 0 Å². The average molecular weight is 370 g/mol. The number of rotatable bonds is 7. The molecule has 2 aromatic rings. The minimum absolute atomic E-state index is 0.0679. The van der Waals surface area contributed by atoms with Crippen molar-refractivity contribution in [3.05, 3.63) is 42.4 Å². The van der Waals surface area contributed by atoms with Crippen molar-refractivity contribution in [2.45, 2.75) is 51.2 Å². The fourth-order valence-corrected chi connectivity index (χ4v) is 3.11. The third kappa shape index (κ3) is 5.32. The van der Waals surface area contributed by atoms with Crippen LogP contribution in [0.4, 0.5) is 5.82 Å². The Morgan fingerprint density at radius 3 is 2.59 bits per heavy atom. The van der Waals surface area contributed by atoms with Crippen molar-refractivity contribution < 1.29 is 14.3 Å². The second-order valence-corrected chi connectivity index (χ2v) is 6.67. The van der Waals surface area contributed by atoms with Gasteiger partial charge >= 0.3 is 0 Å². The number of carbonyl (C=O) groups excluding carboxylic acids is 1. The van der Waals surface area contributed by atoms with E-state index < -0.39 is 0 Å². The van der Waals surface area contributed by atoms with Crippen LogP contribution in [0.2, 0.25) is 0 Å². The van der Waals surface area contributed by atoms with Gasteiger partial charge in [0.25, 0.3) is 5.91 Å². The first-order valence-corrected chi connectivity index (χ1v) is 9.43. The molecule has 3 N–H and O–H groups in total. The van der Waals surface area contributed by atoms with E-state index in [0.29, 0.717) is 6.61 Å². The van der Waals surface area contributed by atoms with Crippen LogP contribution in [0.25, 0.3) is 0 Å². The van der Waals surface area contributed by atoms with Gasteiger partial charge in [-0.15, -0.1) is 0 Å². The Hall–Kier alpha value is -2.83. The Bertz CT molecular complexity index is 734. The van der Waals surface area contributed by atoms with Gasteiger partial charge in [0.2, 0.25) is 0 Å². The molecule has 1 aliphatic rings. The second kappa shape index (κ2) is 9.21. The summed E-state index contributed by atoms with van der Waals surface area (Å²) in [7, 11) is 0. The molecule has 0 saturated heterocycles. The maximum absolute atomic E-state index is 12.4. The normalized spacial score (nSPS) is 19.3. The van der Waals surface area contributed by atoms with Crippen LogP contribution >= 0.6 is 0 Å². The molecule has 1 aliphatic carbocycles. The Balaban J connectivity index is 1.61. The number of ether oxygens (including phenoxy) is 2. The van der Waals surface area contributed by atoms with Crippen molar-refractivity contribution in [2.75, 3.05) is 12.3 Å². The molecular formula is C20H26N4O3. The van der Waals surface area contributed by atoms with Crippen LogP contribution in [0.15, 0.2) is 36.7 Å². The van der Waals surface area contributed by atoms with E-state index in [0.717, 1.165) is 43.6 Å². The molecule has 2 unspecified atom stereocenters. The predicted molar refractivity (Wildman–Crippen MR) is 103 cm³/mol. The Morgan fingerprint density at radius 1 is 1.15 bits per heavy atom. The van der Waals surface area contributed by atoms with Crippen LogP contribution in [0.1, 0.15) is 49.5 Å². The summed E-state index contributed by atoms with van der Waals surface area (Å²) in [5, 5.41) is 3.03. The number of benzene rings is 1. The van der Waals surface area contributed by atoms with Crippen molar-refractivity contribution in [3.8, 4) is 11.5 Å². The van der Waals surface area contributed by atoms with Crippen LogP contribution in [0.5, 0.6) is 11.5 Å². The first-order valence-electron chi connectivity index (χ1n) is 9.43. The zero-order valence-electron chi connectivity index (χ0n) is 15.6. The van der Waals surface area contributed by atoms with Crippen LogP contribution in [-0.2, 0) is 0 Å². The molecule has 1 aromatic carbocycles. The second-order valence-electron chi connectivity index (χ2n) is 6.67. The molecule has 144 valence electrons. The van der Waals surface area contributed by atoms with E-state index >= 15 is 0 Å². The number of nitrogen functional groups attached to an aromatic ring is 1. The lowest BCUT2D eigenvalue weighted by Gasteiger charge is -2.32. The number of aromatic nitrogens is 2. The van der Waals surface area contributed by atoms with E-state index in [2.05, 4.69) is 22.2 Å². The minimum atomic E-state index is -0.258. The number of nitrogens with one attached hydrogen (secondary N) is 1. The molecule has 1 heterocycles. The first-order chi connectivity index (χ1) is 13.2. The summed E-state index contributed by atoms with van der Waals surface area (Å²) in [6.45, 7) is 2.77. The number of nitrogens with zero attached hydrogens (tertiary/aromatic N) is 2. The fraction of sp³-hybridized carbons (Fsp3) is 0.450. The van der Waals surface area contributed by atoms with E-state index in [9.17, 15) is 4.79 Å². The molecule has 0 radical (unpaired) electrons. The molecule has 0 bridgehead atoms. The molecule has 27 heavy (non-hydrogen) atoms. The Kier molecular flexibility index (Phi) is 6.46.